The van der Waals surface area contributed by atoms with E-state index in [2.05, 4.69) is 0 Å². The Balaban J connectivity index is 2.10. The fourth-order valence-electron chi connectivity index (χ4n) is 2.30. The monoisotopic (exact) mass is 240 g/mol. The predicted molar refractivity (Wildman–Crippen MR) is 62.3 cm³/mol. The Morgan fingerprint density at radius 3 is 2.75 bits per heavy atom. The molecule has 0 unspecified atom stereocenters. The fourth-order valence-corrected chi connectivity index (χ4v) is 2.47. The molecule has 86 valence electrons. The van der Waals surface area contributed by atoms with Crippen molar-refractivity contribution in [3.63, 3.8) is 0 Å². The van der Waals surface area contributed by atoms with Crippen molar-refractivity contribution in [2.45, 2.75) is 32.1 Å². The molecule has 1 aliphatic rings. The molecule has 16 heavy (non-hydrogen) atoms. The molecule has 0 heterocycles. The second kappa shape index (κ2) is 4.96. The van der Waals surface area contributed by atoms with Crippen molar-refractivity contribution in [3.05, 3.63) is 34.6 Å². The molecule has 2 rings (SSSR count). The normalized spacial score (nSPS) is 16.6. The van der Waals surface area contributed by atoms with E-state index in [9.17, 15) is 9.18 Å². The van der Waals surface area contributed by atoms with Crippen LogP contribution in [0.25, 0.3) is 0 Å². The van der Waals surface area contributed by atoms with E-state index >= 15 is 0 Å². The Hall–Kier alpha value is -0.890. The van der Waals surface area contributed by atoms with Gasteiger partial charge in [0.05, 0.1) is 5.56 Å². The zero-order valence-electron chi connectivity index (χ0n) is 9.01. The number of ketones is 1. The van der Waals surface area contributed by atoms with Gasteiger partial charge in [-0.25, -0.2) is 4.39 Å². The summed E-state index contributed by atoms with van der Waals surface area (Å²) in [5, 5.41) is 0.413. The van der Waals surface area contributed by atoms with Gasteiger partial charge >= 0.3 is 0 Å². The second-order valence-corrected chi connectivity index (χ2v) is 4.84. The topological polar surface area (TPSA) is 17.1 Å². The van der Waals surface area contributed by atoms with Gasteiger partial charge in [0.2, 0.25) is 0 Å². The Bertz CT molecular complexity index is 397. The Morgan fingerprint density at radius 2 is 2.06 bits per heavy atom. The smallest absolute Gasteiger partial charge is 0.166 e. The summed E-state index contributed by atoms with van der Waals surface area (Å²) in [6, 6.07) is 4.14. The predicted octanol–water partition coefficient (Wildman–Crippen LogP) is 4.24. The molecule has 0 radical (unpaired) electrons. The van der Waals surface area contributed by atoms with Crippen molar-refractivity contribution in [2.24, 2.45) is 5.92 Å². The van der Waals surface area contributed by atoms with Crippen LogP contribution in [0.1, 0.15) is 42.5 Å². The van der Waals surface area contributed by atoms with Crippen LogP contribution in [0.3, 0.4) is 0 Å². The maximum absolute atomic E-state index is 13.4. The third-order valence-electron chi connectivity index (χ3n) is 3.18. The lowest BCUT2D eigenvalue weighted by molar-refractivity contribution is 0.0958. The number of rotatable bonds is 3. The largest absolute Gasteiger partial charge is 0.294 e. The van der Waals surface area contributed by atoms with Gasteiger partial charge in [-0.05, 0) is 24.1 Å². The highest BCUT2D eigenvalue weighted by molar-refractivity contribution is 6.31. The molecule has 0 spiro atoms. The zero-order chi connectivity index (χ0) is 11.5. The molecule has 0 bridgehead atoms. The van der Waals surface area contributed by atoms with E-state index in [1.54, 1.807) is 0 Å². The summed E-state index contributed by atoms with van der Waals surface area (Å²) in [4.78, 5) is 11.9. The number of halogens is 2. The van der Waals surface area contributed by atoms with Crippen LogP contribution < -0.4 is 0 Å². The summed E-state index contributed by atoms with van der Waals surface area (Å²) < 4.78 is 13.4. The molecule has 0 aliphatic heterocycles. The lowest BCUT2D eigenvalue weighted by atomic mass is 9.97. The average molecular weight is 241 g/mol. The third kappa shape index (κ3) is 2.62. The van der Waals surface area contributed by atoms with Crippen LogP contribution in [-0.4, -0.2) is 5.78 Å². The molecule has 1 aliphatic carbocycles. The molecule has 1 saturated carbocycles. The number of Topliss-reactive ketones (excluding diaryl/α,β-unsaturated/α-hetero) is 1. The number of carbonyl (C=O) groups excluding carboxylic acids is 1. The maximum Gasteiger partial charge on any atom is 0.166 e. The Labute approximate surface area is 99.6 Å². The average Bonchev–Trinajstić information content (AvgIpc) is 2.74. The summed E-state index contributed by atoms with van der Waals surface area (Å²) >= 11 is 5.76. The highest BCUT2D eigenvalue weighted by Crippen LogP contribution is 2.29. The number of carbonyl (C=O) groups is 1. The molecule has 0 aromatic heterocycles. The van der Waals surface area contributed by atoms with Gasteiger partial charge in [-0.1, -0.05) is 37.3 Å². The summed E-state index contributed by atoms with van der Waals surface area (Å²) in [6.07, 6.45) is 5.02. The van der Waals surface area contributed by atoms with Gasteiger partial charge in [0, 0.05) is 11.4 Å². The molecule has 0 amide bonds. The minimum Gasteiger partial charge on any atom is -0.294 e. The lowest BCUT2D eigenvalue weighted by Crippen LogP contribution is -2.07. The molecule has 1 nitrogen and oxygen atoms in total. The summed E-state index contributed by atoms with van der Waals surface area (Å²) in [5.74, 6) is -0.148. The number of hydrogen-bond acceptors (Lipinski definition) is 1. The molecule has 0 saturated heterocycles. The Kier molecular flexibility index (Phi) is 3.59. The van der Waals surface area contributed by atoms with E-state index < -0.39 is 5.82 Å². The number of hydrogen-bond donors (Lipinski definition) is 0. The fraction of sp³-hybridized carbons (Fsp3) is 0.462. The van der Waals surface area contributed by atoms with Gasteiger partial charge in [-0.15, -0.1) is 0 Å². The van der Waals surface area contributed by atoms with E-state index in [0.717, 1.165) is 12.8 Å². The molecule has 1 aromatic rings. The van der Waals surface area contributed by atoms with Gasteiger partial charge in [0.25, 0.3) is 0 Å². The van der Waals surface area contributed by atoms with Crippen LogP contribution in [-0.2, 0) is 0 Å². The first-order chi connectivity index (χ1) is 7.66. The third-order valence-corrected chi connectivity index (χ3v) is 3.41. The molecule has 0 atom stereocenters. The molecule has 1 fully saturated rings. The highest BCUT2D eigenvalue weighted by Gasteiger charge is 2.21. The van der Waals surface area contributed by atoms with Gasteiger partial charge < -0.3 is 0 Å². The van der Waals surface area contributed by atoms with Crippen molar-refractivity contribution in [3.8, 4) is 0 Å². The summed E-state index contributed by atoms with van der Waals surface area (Å²) in [7, 11) is 0. The zero-order valence-corrected chi connectivity index (χ0v) is 9.77. The number of benzene rings is 1. The van der Waals surface area contributed by atoms with Crippen molar-refractivity contribution in [1.82, 2.24) is 0 Å². The SMILES string of the molecule is O=C(CC1CCCC1)c1cc(Cl)ccc1F. The van der Waals surface area contributed by atoms with Gasteiger partial charge in [-0.2, -0.15) is 0 Å². The first-order valence-electron chi connectivity index (χ1n) is 5.65. The summed E-state index contributed by atoms with van der Waals surface area (Å²) in [5.41, 5.74) is 0.138. The van der Waals surface area contributed by atoms with Gasteiger partial charge in [-0.3, -0.25) is 4.79 Å². The minimum atomic E-state index is -0.465. The maximum atomic E-state index is 13.4. The second-order valence-electron chi connectivity index (χ2n) is 4.40. The van der Waals surface area contributed by atoms with Crippen molar-refractivity contribution < 1.29 is 9.18 Å². The Morgan fingerprint density at radius 1 is 1.38 bits per heavy atom. The van der Waals surface area contributed by atoms with E-state index in [1.165, 1.54) is 31.0 Å². The van der Waals surface area contributed by atoms with Crippen molar-refractivity contribution in [1.29, 1.82) is 0 Å². The van der Waals surface area contributed by atoms with Crippen LogP contribution in [0.2, 0.25) is 5.02 Å². The molecular weight excluding hydrogens is 227 g/mol. The van der Waals surface area contributed by atoms with E-state index in [4.69, 9.17) is 11.6 Å². The summed E-state index contributed by atoms with van der Waals surface area (Å²) in [6.45, 7) is 0. The van der Waals surface area contributed by atoms with Crippen LogP contribution >= 0.6 is 11.6 Å². The van der Waals surface area contributed by atoms with Gasteiger partial charge in [0.1, 0.15) is 5.82 Å². The molecular formula is C13H14ClFO. The van der Waals surface area contributed by atoms with Gasteiger partial charge in [0.15, 0.2) is 5.78 Å². The quantitative estimate of drug-likeness (QED) is 0.722. The van der Waals surface area contributed by atoms with Crippen LogP contribution in [0.15, 0.2) is 18.2 Å². The van der Waals surface area contributed by atoms with E-state index in [1.807, 2.05) is 0 Å². The first-order valence-corrected chi connectivity index (χ1v) is 6.03. The molecule has 0 N–H and O–H groups in total. The highest BCUT2D eigenvalue weighted by atomic mass is 35.5. The van der Waals surface area contributed by atoms with Crippen molar-refractivity contribution >= 4 is 17.4 Å². The molecule has 1 aromatic carbocycles. The first kappa shape index (κ1) is 11.6. The standard InChI is InChI=1S/C13H14ClFO/c14-10-5-6-12(15)11(8-10)13(16)7-9-3-1-2-4-9/h5-6,8-9H,1-4,7H2. The minimum absolute atomic E-state index is 0.119. The van der Waals surface area contributed by atoms with Crippen LogP contribution in [0, 0.1) is 11.7 Å². The van der Waals surface area contributed by atoms with Crippen molar-refractivity contribution in [2.75, 3.05) is 0 Å². The van der Waals surface area contributed by atoms with Crippen LogP contribution in [0.5, 0.6) is 0 Å². The van der Waals surface area contributed by atoms with Crippen LogP contribution in [0.4, 0.5) is 4.39 Å². The molecule has 3 heteroatoms. The van der Waals surface area contributed by atoms with E-state index in [0.29, 0.717) is 17.4 Å². The lowest BCUT2D eigenvalue weighted by Gasteiger charge is -2.08. The van der Waals surface area contributed by atoms with E-state index in [-0.39, 0.29) is 11.3 Å².